The minimum absolute atomic E-state index is 0.0252. The van der Waals surface area contributed by atoms with Crippen molar-refractivity contribution in [3.05, 3.63) is 60.2 Å². The minimum atomic E-state index is -0.128. The summed E-state index contributed by atoms with van der Waals surface area (Å²) in [5.74, 6) is 0.0962. The van der Waals surface area contributed by atoms with Crippen LogP contribution >= 0.6 is 0 Å². The molecule has 1 fully saturated rings. The first-order valence-electron chi connectivity index (χ1n) is 9.68. The molecule has 2 heterocycles. The first kappa shape index (κ1) is 17.7. The van der Waals surface area contributed by atoms with E-state index in [9.17, 15) is 9.59 Å². The van der Waals surface area contributed by atoms with Gasteiger partial charge in [-0.05, 0) is 57.1 Å². The average molecular weight is 363 g/mol. The zero-order valence-electron chi connectivity index (χ0n) is 15.7. The Labute approximate surface area is 160 Å². The maximum Gasteiger partial charge on any atom is 0.258 e. The number of benzene rings is 2. The standard InChI is InChI=1S/C22H25N3O2/c1-17(23-13-7-8-14-23)21(26)24-15-16-25(20-12-6-5-11-19(20)24)22(27)18-9-3-2-4-10-18/h2-6,9-12,17H,7-8,13-16H2,1H3. The number of para-hydroxylation sites is 2. The highest BCUT2D eigenvalue weighted by Crippen LogP contribution is 2.34. The lowest BCUT2D eigenvalue weighted by atomic mass is 10.1. The molecule has 27 heavy (non-hydrogen) atoms. The first-order chi connectivity index (χ1) is 13.2. The van der Waals surface area contributed by atoms with Gasteiger partial charge in [-0.3, -0.25) is 14.5 Å². The van der Waals surface area contributed by atoms with E-state index in [-0.39, 0.29) is 17.9 Å². The number of anilines is 2. The lowest BCUT2D eigenvalue weighted by Crippen LogP contribution is -2.52. The summed E-state index contributed by atoms with van der Waals surface area (Å²) in [6, 6.07) is 16.9. The van der Waals surface area contributed by atoms with Gasteiger partial charge in [-0.25, -0.2) is 0 Å². The van der Waals surface area contributed by atoms with Crippen molar-refractivity contribution in [2.75, 3.05) is 36.0 Å². The van der Waals surface area contributed by atoms with Gasteiger partial charge in [-0.2, -0.15) is 0 Å². The van der Waals surface area contributed by atoms with Crippen LogP contribution in [0.1, 0.15) is 30.1 Å². The number of hydrogen-bond donors (Lipinski definition) is 0. The molecule has 140 valence electrons. The Morgan fingerprint density at radius 3 is 2.00 bits per heavy atom. The van der Waals surface area contributed by atoms with E-state index >= 15 is 0 Å². The Kier molecular flexibility index (Phi) is 4.94. The Bertz CT molecular complexity index is 830. The first-order valence-corrected chi connectivity index (χ1v) is 9.68. The minimum Gasteiger partial charge on any atom is -0.307 e. The van der Waals surface area contributed by atoms with Crippen molar-refractivity contribution in [1.82, 2.24) is 4.90 Å². The van der Waals surface area contributed by atoms with Gasteiger partial charge in [0.15, 0.2) is 0 Å². The van der Waals surface area contributed by atoms with Gasteiger partial charge in [0.25, 0.3) is 5.91 Å². The van der Waals surface area contributed by atoms with E-state index < -0.39 is 0 Å². The second-order valence-electron chi connectivity index (χ2n) is 7.22. The fourth-order valence-electron chi connectivity index (χ4n) is 4.05. The maximum absolute atomic E-state index is 13.2. The van der Waals surface area contributed by atoms with Crippen LogP contribution in [0.15, 0.2) is 54.6 Å². The van der Waals surface area contributed by atoms with Crippen molar-refractivity contribution in [2.45, 2.75) is 25.8 Å². The van der Waals surface area contributed by atoms with E-state index in [0.29, 0.717) is 18.7 Å². The summed E-state index contributed by atoms with van der Waals surface area (Å²) in [6.07, 6.45) is 2.32. The monoisotopic (exact) mass is 363 g/mol. The average Bonchev–Trinajstić information content (AvgIpc) is 3.27. The fourth-order valence-corrected chi connectivity index (χ4v) is 4.05. The van der Waals surface area contributed by atoms with Gasteiger partial charge in [0, 0.05) is 18.7 Å². The van der Waals surface area contributed by atoms with Crippen molar-refractivity contribution < 1.29 is 9.59 Å². The maximum atomic E-state index is 13.2. The molecule has 2 aromatic rings. The summed E-state index contributed by atoms with van der Waals surface area (Å²) in [4.78, 5) is 32.1. The number of nitrogens with zero attached hydrogens (tertiary/aromatic N) is 3. The van der Waals surface area contributed by atoms with Gasteiger partial charge in [-0.1, -0.05) is 30.3 Å². The quantitative estimate of drug-likeness (QED) is 0.841. The predicted octanol–water partition coefficient (Wildman–Crippen LogP) is 3.16. The van der Waals surface area contributed by atoms with Crippen LogP contribution in [0, 0.1) is 0 Å². The molecule has 0 aliphatic carbocycles. The number of hydrogen-bond acceptors (Lipinski definition) is 3. The molecule has 0 aromatic heterocycles. The van der Waals surface area contributed by atoms with Crippen molar-refractivity contribution in [3.8, 4) is 0 Å². The highest BCUT2D eigenvalue weighted by molar-refractivity contribution is 6.11. The topological polar surface area (TPSA) is 43.9 Å². The molecular formula is C22H25N3O2. The molecule has 0 saturated carbocycles. The Morgan fingerprint density at radius 1 is 0.778 bits per heavy atom. The summed E-state index contributed by atoms with van der Waals surface area (Å²) < 4.78 is 0. The van der Waals surface area contributed by atoms with E-state index in [2.05, 4.69) is 4.90 Å². The van der Waals surface area contributed by atoms with Crippen LogP contribution in [-0.4, -0.2) is 48.9 Å². The predicted molar refractivity (Wildman–Crippen MR) is 107 cm³/mol. The fraction of sp³-hybridized carbons (Fsp3) is 0.364. The van der Waals surface area contributed by atoms with Gasteiger partial charge in [-0.15, -0.1) is 0 Å². The van der Waals surface area contributed by atoms with E-state index in [1.165, 1.54) is 0 Å². The molecule has 2 aliphatic heterocycles. The lowest BCUT2D eigenvalue weighted by Gasteiger charge is -2.38. The zero-order chi connectivity index (χ0) is 18.8. The van der Waals surface area contributed by atoms with Crippen molar-refractivity contribution in [1.29, 1.82) is 0 Å². The number of likely N-dealkylation sites (tertiary alicyclic amines) is 1. The van der Waals surface area contributed by atoms with Crippen LogP contribution in [0.4, 0.5) is 11.4 Å². The van der Waals surface area contributed by atoms with Gasteiger partial charge in [0.2, 0.25) is 5.91 Å². The van der Waals surface area contributed by atoms with E-state index in [0.717, 1.165) is 37.3 Å². The molecule has 4 rings (SSSR count). The van der Waals surface area contributed by atoms with Gasteiger partial charge < -0.3 is 9.80 Å². The number of fused-ring (bicyclic) bond motifs is 1. The second kappa shape index (κ2) is 7.53. The largest absolute Gasteiger partial charge is 0.307 e. The summed E-state index contributed by atoms with van der Waals surface area (Å²) in [5.41, 5.74) is 2.29. The van der Waals surface area contributed by atoms with Crippen molar-refractivity contribution >= 4 is 23.2 Å². The molecule has 0 radical (unpaired) electrons. The summed E-state index contributed by atoms with van der Waals surface area (Å²) in [6.45, 7) is 5.00. The molecule has 0 bridgehead atoms. The smallest absolute Gasteiger partial charge is 0.258 e. The normalized spacial score (nSPS) is 18.3. The van der Waals surface area contributed by atoms with Gasteiger partial charge in [0.05, 0.1) is 17.4 Å². The second-order valence-corrected chi connectivity index (χ2v) is 7.22. The molecule has 0 N–H and O–H groups in total. The molecule has 2 aliphatic rings. The summed E-state index contributed by atoms with van der Waals surface area (Å²) in [5, 5.41) is 0. The lowest BCUT2D eigenvalue weighted by molar-refractivity contribution is -0.122. The number of rotatable bonds is 3. The number of carbonyl (C=O) groups is 2. The summed E-state index contributed by atoms with van der Waals surface area (Å²) in [7, 11) is 0. The highest BCUT2D eigenvalue weighted by Gasteiger charge is 2.34. The SMILES string of the molecule is CC(C(=O)N1CCN(C(=O)c2ccccc2)c2ccccc21)N1CCCC1. The molecule has 5 nitrogen and oxygen atoms in total. The molecule has 5 heteroatoms. The molecular weight excluding hydrogens is 338 g/mol. The third kappa shape index (κ3) is 3.35. The van der Waals surface area contributed by atoms with Gasteiger partial charge >= 0.3 is 0 Å². The molecule has 2 aromatic carbocycles. The molecule has 1 atom stereocenters. The summed E-state index contributed by atoms with van der Waals surface area (Å²) >= 11 is 0. The van der Waals surface area contributed by atoms with Crippen LogP contribution in [-0.2, 0) is 4.79 Å². The molecule has 2 amide bonds. The zero-order valence-corrected chi connectivity index (χ0v) is 15.7. The van der Waals surface area contributed by atoms with E-state index in [4.69, 9.17) is 0 Å². The third-order valence-corrected chi connectivity index (χ3v) is 5.59. The van der Waals surface area contributed by atoms with Gasteiger partial charge in [0.1, 0.15) is 0 Å². The third-order valence-electron chi connectivity index (χ3n) is 5.59. The van der Waals surface area contributed by atoms with Crippen LogP contribution in [0.2, 0.25) is 0 Å². The molecule has 0 spiro atoms. The number of carbonyl (C=O) groups excluding carboxylic acids is 2. The van der Waals surface area contributed by atoms with E-state index in [1.54, 1.807) is 4.90 Å². The van der Waals surface area contributed by atoms with Crippen molar-refractivity contribution in [3.63, 3.8) is 0 Å². The number of amides is 2. The highest BCUT2D eigenvalue weighted by atomic mass is 16.2. The van der Waals surface area contributed by atoms with E-state index in [1.807, 2.05) is 66.4 Å². The van der Waals surface area contributed by atoms with Crippen LogP contribution in [0.25, 0.3) is 0 Å². The Balaban J connectivity index is 1.61. The Hall–Kier alpha value is -2.66. The van der Waals surface area contributed by atoms with Crippen LogP contribution in [0.3, 0.4) is 0 Å². The van der Waals surface area contributed by atoms with Crippen LogP contribution < -0.4 is 9.80 Å². The van der Waals surface area contributed by atoms with Crippen molar-refractivity contribution in [2.24, 2.45) is 0 Å². The Morgan fingerprint density at radius 2 is 1.33 bits per heavy atom. The van der Waals surface area contributed by atoms with Crippen LogP contribution in [0.5, 0.6) is 0 Å². The molecule has 1 saturated heterocycles. The molecule has 1 unspecified atom stereocenters.